The Hall–Kier alpha value is -2.26. The molecule has 0 unspecified atom stereocenters. The van der Waals surface area contributed by atoms with Gasteiger partial charge in [0.15, 0.2) is 0 Å². The lowest BCUT2D eigenvalue weighted by atomic mass is 10.1. The number of rotatable bonds is 12. The summed E-state index contributed by atoms with van der Waals surface area (Å²) < 4.78 is 101. The minimum Gasteiger partial charge on any atom is -0.381 e. The Morgan fingerprint density at radius 2 is 1.71 bits per heavy atom. The van der Waals surface area contributed by atoms with Crippen LogP contribution in [0.4, 0.5) is 18.9 Å². The van der Waals surface area contributed by atoms with Crippen LogP contribution < -0.4 is 4.90 Å². The van der Waals surface area contributed by atoms with E-state index >= 15 is 0 Å². The minimum atomic E-state index is -4.50. The number of piperazine rings is 1. The molecule has 0 N–H and O–H groups in total. The molecule has 0 amide bonds. The number of nitrogens with zero attached hydrogens (tertiary/aromatic N) is 3. The van der Waals surface area contributed by atoms with Crippen LogP contribution in [0.25, 0.3) is 0 Å². The van der Waals surface area contributed by atoms with E-state index in [0.717, 1.165) is 17.8 Å². The van der Waals surface area contributed by atoms with Crippen molar-refractivity contribution in [2.24, 2.45) is 0 Å². The van der Waals surface area contributed by atoms with Crippen molar-refractivity contribution in [3.8, 4) is 0 Å². The number of aromatic nitrogens is 1. The number of alkyl halides is 3. The summed E-state index contributed by atoms with van der Waals surface area (Å²) in [5, 5.41) is 0. The highest BCUT2D eigenvalue weighted by Crippen LogP contribution is 2.31. The molecule has 3 rings (SSSR count). The summed E-state index contributed by atoms with van der Waals surface area (Å²) in [6.45, 7) is 4.67. The van der Waals surface area contributed by atoms with Gasteiger partial charge in [0.05, 0.1) is 41.3 Å². The number of anilines is 1. The molecule has 2 aromatic rings. The molecule has 1 aromatic heterocycles. The molecule has 0 radical (unpaired) electrons. The minimum absolute atomic E-state index is 0.0259. The largest absolute Gasteiger partial charge is 0.417 e. The number of hydrogen-bond acceptors (Lipinski definition) is 8. The smallest absolute Gasteiger partial charge is 0.381 e. The third-order valence-corrected chi connectivity index (χ3v) is 9.45. The lowest BCUT2D eigenvalue weighted by Crippen LogP contribution is -2.49. The first-order chi connectivity index (χ1) is 17.8. The van der Waals surface area contributed by atoms with E-state index in [2.05, 4.69) is 4.98 Å². The van der Waals surface area contributed by atoms with Gasteiger partial charge in [-0.25, -0.2) is 8.42 Å². The maximum Gasteiger partial charge on any atom is 0.417 e. The van der Waals surface area contributed by atoms with Crippen molar-refractivity contribution in [1.29, 1.82) is 0 Å². The maximum absolute atomic E-state index is 13.0. The fourth-order valence-electron chi connectivity index (χ4n) is 4.10. The molecule has 9 nitrogen and oxygen atoms in total. The molecule has 0 spiro atoms. The van der Waals surface area contributed by atoms with Gasteiger partial charge < -0.3 is 9.64 Å². The van der Waals surface area contributed by atoms with E-state index in [0.29, 0.717) is 17.7 Å². The Morgan fingerprint density at radius 3 is 2.37 bits per heavy atom. The molecule has 1 aliphatic heterocycles. The summed E-state index contributed by atoms with van der Waals surface area (Å²) in [4.78, 5) is 5.44. The van der Waals surface area contributed by atoms with Gasteiger partial charge in [0.1, 0.15) is 0 Å². The first kappa shape index (κ1) is 30.3. The van der Waals surface area contributed by atoms with Crippen LogP contribution >= 0.6 is 0 Å². The van der Waals surface area contributed by atoms with Crippen LogP contribution in [0.1, 0.15) is 30.0 Å². The van der Waals surface area contributed by atoms with Gasteiger partial charge in [0.25, 0.3) is 10.1 Å². The quantitative estimate of drug-likeness (QED) is 0.279. The Morgan fingerprint density at radius 1 is 1.00 bits per heavy atom. The molecular weight excluding hydrogens is 547 g/mol. The van der Waals surface area contributed by atoms with Gasteiger partial charge in [-0.1, -0.05) is 17.7 Å². The van der Waals surface area contributed by atoms with Gasteiger partial charge in [-0.15, -0.1) is 0 Å². The molecule has 1 fully saturated rings. The second-order valence-electron chi connectivity index (χ2n) is 8.82. The highest BCUT2D eigenvalue weighted by molar-refractivity contribution is 7.89. The van der Waals surface area contributed by atoms with Gasteiger partial charge in [-0.2, -0.15) is 25.9 Å². The van der Waals surface area contributed by atoms with Crippen LogP contribution in [0.3, 0.4) is 0 Å². The molecule has 14 heteroatoms. The zero-order valence-electron chi connectivity index (χ0n) is 21.3. The summed E-state index contributed by atoms with van der Waals surface area (Å²) in [5.74, 6) is -0.132. The van der Waals surface area contributed by atoms with Gasteiger partial charge in [0, 0.05) is 39.0 Å². The van der Waals surface area contributed by atoms with Gasteiger partial charge >= 0.3 is 6.18 Å². The van der Waals surface area contributed by atoms with Crippen molar-refractivity contribution in [3.63, 3.8) is 0 Å². The molecule has 1 aliphatic rings. The molecule has 1 saturated heterocycles. The Bertz CT molecular complexity index is 1300. The second-order valence-corrected chi connectivity index (χ2v) is 12.5. The number of hydrogen-bond donors (Lipinski definition) is 0. The van der Waals surface area contributed by atoms with Crippen LogP contribution in [0.15, 0.2) is 41.6 Å². The second kappa shape index (κ2) is 12.7. The summed E-state index contributed by atoms with van der Waals surface area (Å²) >= 11 is 0. The Kier molecular flexibility index (Phi) is 10.1. The molecule has 0 atom stereocenters. The number of aryl methyl sites for hydroxylation is 1. The highest BCUT2D eigenvalue weighted by Gasteiger charge is 2.32. The Balaban J connectivity index is 1.44. The molecule has 38 heavy (non-hydrogen) atoms. The fourth-order valence-corrected chi connectivity index (χ4v) is 6.72. The van der Waals surface area contributed by atoms with Crippen LogP contribution in [-0.4, -0.2) is 77.9 Å². The third kappa shape index (κ3) is 8.12. The van der Waals surface area contributed by atoms with Crippen molar-refractivity contribution < 1.29 is 38.9 Å². The fraction of sp³-hybridized carbons (Fsp3) is 0.542. The number of ether oxygens (including phenoxy) is 1. The third-order valence-electron chi connectivity index (χ3n) is 6.01. The van der Waals surface area contributed by atoms with Gasteiger partial charge in [-0.3, -0.25) is 9.17 Å². The van der Waals surface area contributed by atoms with E-state index in [4.69, 9.17) is 8.92 Å². The number of sulfonamides is 1. The molecule has 0 aliphatic carbocycles. The highest BCUT2D eigenvalue weighted by atomic mass is 32.2. The molecule has 212 valence electrons. The van der Waals surface area contributed by atoms with E-state index in [9.17, 15) is 30.0 Å². The van der Waals surface area contributed by atoms with Gasteiger partial charge in [0.2, 0.25) is 10.0 Å². The number of pyridine rings is 1. The van der Waals surface area contributed by atoms with Gasteiger partial charge in [-0.05, 0) is 44.4 Å². The summed E-state index contributed by atoms with van der Waals surface area (Å²) in [6.07, 6.45) is -1.84. The van der Waals surface area contributed by atoms with E-state index in [1.165, 1.54) is 16.6 Å². The average molecular weight is 580 g/mol. The lowest BCUT2D eigenvalue weighted by Gasteiger charge is -2.35. The van der Waals surface area contributed by atoms with Crippen molar-refractivity contribution in [1.82, 2.24) is 9.29 Å². The zero-order chi connectivity index (χ0) is 28.0. The average Bonchev–Trinajstić information content (AvgIpc) is 2.85. The SMILES string of the molecule is CCOS(=O)(=O)c1ccc(C)cc1CCOCCCS(=O)(=O)N1CCN(c2cncc(C(F)(F)F)c2)CC1. The van der Waals surface area contributed by atoms with Crippen molar-refractivity contribution in [3.05, 3.63) is 53.3 Å². The molecule has 0 saturated carbocycles. The predicted molar refractivity (Wildman–Crippen MR) is 136 cm³/mol. The predicted octanol–water partition coefficient (Wildman–Crippen LogP) is 3.24. The monoisotopic (exact) mass is 579 g/mol. The van der Waals surface area contributed by atoms with E-state index in [1.807, 2.05) is 6.92 Å². The van der Waals surface area contributed by atoms with Crippen molar-refractivity contribution >= 4 is 25.8 Å². The van der Waals surface area contributed by atoms with Crippen molar-refractivity contribution in [2.45, 2.75) is 37.8 Å². The topological polar surface area (TPSA) is 106 Å². The molecular formula is C24H32F3N3O6S2. The molecule has 1 aromatic carbocycles. The molecule has 2 heterocycles. The first-order valence-electron chi connectivity index (χ1n) is 12.1. The zero-order valence-corrected chi connectivity index (χ0v) is 22.9. The van der Waals surface area contributed by atoms with Crippen molar-refractivity contribution in [2.75, 3.05) is 56.7 Å². The van der Waals surface area contributed by atoms with E-state index < -0.39 is 31.9 Å². The van der Waals surface area contributed by atoms with Crippen LogP contribution in [0, 0.1) is 6.92 Å². The van der Waals surface area contributed by atoms with E-state index in [-0.39, 0.29) is 63.1 Å². The molecule has 0 bridgehead atoms. The standard InChI is InChI=1S/C24H32F3N3O6S2/c1-3-36-38(33,34)23-6-5-19(2)15-20(23)7-13-35-12-4-14-37(31,32)30-10-8-29(9-11-30)22-16-21(17-28-18-22)24(25,26)27/h5-6,15-18H,3-4,7-14H2,1-2H3. The Labute approximate surface area is 221 Å². The summed E-state index contributed by atoms with van der Waals surface area (Å²) in [7, 11) is -7.43. The normalized spacial score (nSPS) is 15.7. The number of benzene rings is 1. The van der Waals surface area contributed by atoms with E-state index in [1.54, 1.807) is 24.0 Å². The van der Waals surface area contributed by atoms with Crippen LogP contribution in [-0.2, 0) is 41.7 Å². The lowest BCUT2D eigenvalue weighted by molar-refractivity contribution is -0.137. The summed E-state index contributed by atoms with van der Waals surface area (Å²) in [5.41, 5.74) is 0.918. The first-order valence-corrected chi connectivity index (χ1v) is 15.2. The maximum atomic E-state index is 13.0. The van der Waals surface area contributed by atoms with Crippen LogP contribution in [0.2, 0.25) is 0 Å². The summed E-state index contributed by atoms with van der Waals surface area (Å²) in [6, 6.07) is 5.97. The van der Waals surface area contributed by atoms with Crippen LogP contribution in [0.5, 0.6) is 0 Å². The number of halogens is 3.